The number of hydrogen-bond donors (Lipinski definition) is 2. The van der Waals surface area contributed by atoms with Crippen LogP contribution in [0.1, 0.15) is 12.7 Å². The average Bonchev–Trinajstić information content (AvgIpc) is 2.75. The summed E-state index contributed by atoms with van der Waals surface area (Å²) in [6.45, 7) is 5.51. The number of aromatic nitrogens is 2. The highest BCUT2D eigenvalue weighted by atomic mass is 16.4. The molecular weight excluding hydrogens is 206 g/mol. The quantitative estimate of drug-likeness (QED) is 0.329. The molecule has 0 amide bonds. The van der Waals surface area contributed by atoms with Crippen LogP contribution in [0.25, 0.3) is 0 Å². The van der Waals surface area contributed by atoms with E-state index in [2.05, 4.69) is 19.6 Å². The van der Waals surface area contributed by atoms with Gasteiger partial charge < -0.3 is 15.5 Å². The first kappa shape index (κ1) is 10.9. The van der Waals surface area contributed by atoms with Crippen LogP contribution in [0.15, 0.2) is 17.5 Å². The van der Waals surface area contributed by atoms with Gasteiger partial charge in [-0.25, -0.2) is 4.98 Å². The lowest BCUT2D eigenvalue weighted by molar-refractivity contribution is 0.203. The molecule has 0 spiro atoms. The van der Waals surface area contributed by atoms with Gasteiger partial charge in [-0.2, -0.15) is 0 Å². The smallest absolute Gasteiger partial charge is 0.143 e. The van der Waals surface area contributed by atoms with E-state index in [0.29, 0.717) is 0 Å². The summed E-state index contributed by atoms with van der Waals surface area (Å²) in [6.07, 6.45) is 3.82. The molecule has 3 N–H and O–H groups in total. The molecule has 0 aliphatic carbocycles. The summed E-state index contributed by atoms with van der Waals surface area (Å²) in [5, 5.41) is 11.6. The molecule has 6 nitrogen and oxygen atoms in total. The minimum Gasteiger partial charge on any atom is -0.409 e. The molecule has 0 aromatic carbocycles. The van der Waals surface area contributed by atoms with E-state index < -0.39 is 0 Å². The van der Waals surface area contributed by atoms with Crippen molar-refractivity contribution in [3.05, 3.63) is 18.2 Å². The average molecular weight is 223 g/mol. The lowest BCUT2D eigenvalue weighted by Gasteiger charge is -2.29. The highest BCUT2D eigenvalue weighted by Crippen LogP contribution is 2.12. The Labute approximate surface area is 94.4 Å². The zero-order chi connectivity index (χ0) is 11.5. The minimum atomic E-state index is 0.0616. The second-order valence-electron chi connectivity index (χ2n) is 4.20. The summed E-state index contributed by atoms with van der Waals surface area (Å²) in [6, 6.07) is 0. The van der Waals surface area contributed by atoms with E-state index in [4.69, 9.17) is 10.9 Å². The van der Waals surface area contributed by atoms with Crippen LogP contribution in [0.3, 0.4) is 0 Å². The topological polar surface area (TPSA) is 79.7 Å². The Kier molecular flexibility index (Phi) is 3.09. The first-order chi connectivity index (χ1) is 7.70. The van der Waals surface area contributed by atoms with Gasteiger partial charge in [-0.05, 0) is 0 Å². The van der Waals surface area contributed by atoms with Gasteiger partial charge in [0.25, 0.3) is 0 Å². The van der Waals surface area contributed by atoms with Crippen molar-refractivity contribution in [1.82, 2.24) is 14.5 Å². The van der Waals surface area contributed by atoms with Crippen molar-refractivity contribution in [2.45, 2.75) is 20.0 Å². The summed E-state index contributed by atoms with van der Waals surface area (Å²) in [5.41, 5.74) is 5.56. The van der Waals surface area contributed by atoms with Crippen LogP contribution in [0.4, 0.5) is 0 Å². The number of nitrogens with zero attached hydrogens (tertiary/aromatic N) is 4. The molecule has 2 rings (SSSR count). The van der Waals surface area contributed by atoms with E-state index in [1.165, 1.54) is 0 Å². The summed E-state index contributed by atoms with van der Waals surface area (Å²) in [5.74, 6) is 1.43. The van der Waals surface area contributed by atoms with E-state index in [0.717, 1.165) is 32.0 Å². The molecule has 0 saturated heterocycles. The molecule has 1 atom stereocenters. The van der Waals surface area contributed by atoms with Crippen molar-refractivity contribution in [1.29, 1.82) is 0 Å². The zero-order valence-electron chi connectivity index (χ0n) is 9.37. The molecule has 1 aromatic heterocycles. The molecule has 0 bridgehead atoms. The van der Waals surface area contributed by atoms with Crippen LogP contribution in [0.2, 0.25) is 0 Å². The zero-order valence-corrected chi connectivity index (χ0v) is 9.37. The Morgan fingerprint density at radius 1 is 1.69 bits per heavy atom. The number of imidazole rings is 1. The number of rotatable bonds is 3. The van der Waals surface area contributed by atoms with Gasteiger partial charge in [0.2, 0.25) is 0 Å². The predicted octanol–water partition coefficient (Wildman–Crippen LogP) is 0.0812. The molecule has 16 heavy (non-hydrogen) atoms. The van der Waals surface area contributed by atoms with E-state index in [1.54, 1.807) is 0 Å². The normalized spacial score (nSPS) is 19.4. The van der Waals surface area contributed by atoms with Gasteiger partial charge >= 0.3 is 0 Å². The van der Waals surface area contributed by atoms with Gasteiger partial charge in [0.05, 0.1) is 6.54 Å². The third-order valence-electron chi connectivity index (χ3n) is 2.98. The third-order valence-corrected chi connectivity index (χ3v) is 2.98. The predicted molar refractivity (Wildman–Crippen MR) is 60.1 cm³/mol. The van der Waals surface area contributed by atoms with Crippen LogP contribution in [-0.4, -0.2) is 38.6 Å². The first-order valence-electron chi connectivity index (χ1n) is 5.40. The third kappa shape index (κ3) is 2.16. The van der Waals surface area contributed by atoms with Gasteiger partial charge in [0.15, 0.2) is 0 Å². The number of nitrogens with two attached hydrogens (primary N) is 1. The number of oxime groups is 1. The maximum absolute atomic E-state index is 8.59. The van der Waals surface area contributed by atoms with Crippen LogP contribution >= 0.6 is 0 Å². The Hall–Kier alpha value is -1.56. The maximum atomic E-state index is 8.59. The van der Waals surface area contributed by atoms with Gasteiger partial charge in [-0.15, -0.1) is 0 Å². The van der Waals surface area contributed by atoms with E-state index in [-0.39, 0.29) is 11.8 Å². The molecule has 0 radical (unpaired) electrons. The number of fused-ring (bicyclic) bond motifs is 1. The largest absolute Gasteiger partial charge is 0.409 e. The van der Waals surface area contributed by atoms with Crippen LogP contribution in [0.5, 0.6) is 0 Å². The molecule has 1 unspecified atom stereocenters. The lowest BCUT2D eigenvalue weighted by atomic mass is 10.1. The Morgan fingerprint density at radius 2 is 2.50 bits per heavy atom. The maximum Gasteiger partial charge on any atom is 0.143 e. The molecule has 0 saturated carbocycles. The molecular formula is C10H17N5O. The van der Waals surface area contributed by atoms with E-state index in [9.17, 15) is 0 Å². The van der Waals surface area contributed by atoms with Crippen molar-refractivity contribution in [2.24, 2.45) is 16.8 Å². The fourth-order valence-corrected chi connectivity index (χ4v) is 1.96. The fraction of sp³-hybridized carbons (Fsp3) is 0.600. The van der Waals surface area contributed by atoms with Crippen molar-refractivity contribution in [3.8, 4) is 0 Å². The Morgan fingerprint density at radius 3 is 3.25 bits per heavy atom. The van der Waals surface area contributed by atoms with Gasteiger partial charge in [0, 0.05) is 37.9 Å². The standard InChI is InChI=1S/C10H17N5O/c1-8(10(11)13-16)6-14-4-5-15-3-2-12-9(15)7-14/h2-3,8,16H,4-7H2,1H3,(H2,11,13). The molecule has 2 heterocycles. The Balaban J connectivity index is 1.94. The van der Waals surface area contributed by atoms with Gasteiger partial charge in [-0.3, -0.25) is 4.90 Å². The fourth-order valence-electron chi connectivity index (χ4n) is 1.96. The molecule has 88 valence electrons. The van der Waals surface area contributed by atoms with Crippen LogP contribution in [-0.2, 0) is 13.1 Å². The summed E-state index contributed by atoms with van der Waals surface area (Å²) in [4.78, 5) is 6.56. The van der Waals surface area contributed by atoms with Crippen molar-refractivity contribution in [3.63, 3.8) is 0 Å². The summed E-state index contributed by atoms with van der Waals surface area (Å²) in [7, 11) is 0. The summed E-state index contributed by atoms with van der Waals surface area (Å²) < 4.78 is 2.16. The van der Waals surface area contributed by atoms with Crippen LogP contribution in [0, 0.1) is 5.92 Å². The number of hydrogen-bond acceptors (Lipinski definition) is 4. The molecule has 1 aromatic rings. The molecule has 1 aliphatic heterocycles. The highest BCUT2D eigenvalue weighted by Gasteiger charge is 2.19. The van der Waals surface area contributed by atoms with E-state index >= 15 is 0 Å². The minimum absolute atomic E-state index is 0.0616. The van der Waals surface area contributed by atoms with Crippen molar-refractivity contribution < 1.29 is 5.21 Å². The van der Waals surface area contributed by atoms with Crippen molar-refractivity contribution in [2.75, 3.05) is 13.1 Å². The second-order valence-corrected chi connectivity index (χ2v) is 4.20. The van der Waals surface area contributed by atoms with Gasteiger partial charge in [-0.1, -0.05) is 12.1 Å². The lowest BCUT2D eigenvalue weighted by Crippen LogP contribution is -2.39. The van der Waals surface area contributed by atoms with Crippen molar-refractivity contribution >= 4 is 5.84 Å². The van der Waals surface area contributed by atoms with Gasteiger partial charge in [0.1, 0.15) is 11.7 Å². The second kappa shape index (κ2) is 4.52. The first-order valence-corrected chi connectivity index (χ1v) is 5.40. The monoisotopic (exact) mass is 223 g/mol. The summed E-state index contributed by atoms with van der Waals surface area (Å²) >= 11 is 0. The van der Waals surface area contributed by atoms with Crippen LogP contribution < -0.4 is 5.73 Å². The number of amidine groups is 1. The SMILES string of the molecule is CC(CN1CCn2ccnc2C1)C(N)=NO. The highest BCUT2D eigenvalue weighted by molar-refractivity contribution is 5.82. The molecule has 0 fully saturated rings. The Bertz CT molecular complexity index is 386. The van der Waals surface area contributed by atoms with E-state index in [1.807, 2.05) is 19.3 Å². The molecule has 6 heteroatoms. The molecule has 1 aliphatic rings.